The van der Waals surface area contributed by atoms with Crippen LogP contribution in [-0.2, 0) is 17.9 Å². The van der Waals surface area contributed by atoms with Gasteiger partial charge in [0.15, 0.2) is 0 Å². The lowest BCUT2D eigenvalue weighted by atomic mass is 9.93. The fourth-order valence-corrected chi connectivity index (χ4v) is 4.81. The molecule has 32 heavy (non-hydrogen) atoms. The van der Waals surface area contributed by atoms with Gasteiger partial charge in [-0.25, -0.2) is 4.98 Å². The zero-order chi connectivity index (χ0) is 22.1. The van der Waals surface area contributed by atoms with Gasteiger partial charge in [-0.1, -0.05) is 12.2 Å². The molecule has 8 nitrogen and oxygen atoms in total. The molecule has 1 N–H and O–H groups in total. The van der Waals surface area contributed by atoms with Gasteiger partial charge in [-0.3, -0.25) is 9.59 Å². The van der Waals surface area contributed by atoms with Gasteiger partial charge < -0.3 is 24.4 Å². The number of nitrogens with zero attached hydrogens (tertiary/aromatic N) is 5. The van der Waals surface area contributed by atoms with Gasteiger partial charge in [-0.05, 0) is 43.5 Å². The first-order valence-corrected chi connectivity index (χ1v) is 11.4. The van der Waals surface area contributed by atoms with Crippen molar-refractivity contribution in [2.75, 3.05) is 37.6 Å². The number of phenols is 1. The highest BCUT2D eigenvalue weighted by atomic mass is 16.3. The van der Waals surface area contributed by atoms with Gasteiger partial charge in [0, 0.05) is 57.1 Å². The van der Waals surface area contributed by atoms with Crippen molar-refractivity contribution in [2.45, 2.75) is 32.4 Å². The first-order chi connectivity index (χ1) is 15.6. The number of aromatic nitrogens is 2. The lowest BCUT2D eigenvalue weighted by molar-refractivity contribution is -0.137. The molecule has 2 aliphatic heterocycles. The van der Waals surface area contributed by atoms with Gasteiger partial charge in [0.1, 0.15) is 17.3 Å². The van der Waals surface area contributed by atoms with Gasteiger partial charge in [0.2, 0.25) is 5.91 Å². The van der Waals surface area contributed by atoms with Crippen LogP contribution in [0.2, 0.25) is 0 Å². The molecular formula is C24H29N5O3. The molecule has 0 spiro atoms. The average molecular weight is 436 g/mol. The Kier molecular flexibility index (Phi) is 5.59. The van der Waals surface area contributed by atoms with E-state index in [0.29, 0.717) is 38.4 Å². The molecule has 1 aromatic carbocycles. The third-order valence-corrected chi connectivity index (χ3v) is 6.73. The maximum absolute atomic E-state index is 13.1. The van der Waals surface area contributed by atoms with Crippen LogP contribution < -0.4 is 4.90 Å². The Balaban J connectivity index is 1.20. The number of allylic oxidation sites excluding steroid dienone is 2. The molecule has 0 saturated carbocycles. The fourth-order valence-electron chi connectivity index (χ4n) is 4.81. The maximum atomic E-state index is 13.1. The molecule has 0 radical (unpaired) electrons. The molecule has 1 fully saturated rings. The minimum Gasteiger partial charge on any atom is -0.508 e. The van der Waals surface area contributed by atoms with Gasteiger partial charge in [0.25, 0.3) is 5.91 Å². The lowest BCUT2D eigenvalue weighted by Gasteiger charge is -2.35. The maximum Gasteiger partial charge on any atom is 0.274 e. The quantitative estimate of drug-likeness (QED) is 0.748. The Morgan fingerprint density at radius 1 is 0.938 bits per heavy atom. The van der Waals surface area contributed by atoms with Crippen LogP contribution in [-0.4, -0.2) is 69.0 Å². The molecule has 1 atom stereocenters. The van der Waals surface area contributed by atoms with E-state index in [4.69, 9.17) is 0 Å². The van der Waals surface area contributed by atoms with Crippen LogP contribution in [0.4, 0.5) is 5.69 Å². The van der Waals surface area contributed by atoms with E-state index in [-0.39, 0.29) is 23.5 Å². The van der Waals surface area contributed by atoms with E-state index >= 15 is 0 Å². The van der Waals surface area contributed by atoms with Crippen LogP contribution in [0.1, 0.15) is 35.6 Å². The van der Waals surface area contributed by atoms with Crippen LogP contribution in [0.15, 0.2) is 42.6 Å². The predicted molar refractivity (Wildman–Crippen MR) is 120 cm³/mol. The van der Waals surface area contributed by atoms with Crippen molar-refractivity contribution >= 4 is 17.5 Å². The lowest BCUT2D eigenvalue weighted by Crippen LogP contribution is -2.48. The summed E-state index contributed by atoms with van der Waals surface area (Å²) in [7, 11) is 0. The fraction of sp³-hybridized carbons (Fsp3) is 0.458. The van der Waals surface area contributed by atoms with Crippen LogP contribution in [0.25, 0.3) is 0 Å². The number of anilines is 1. The highest BCUT2D eigenvalue weighted by Crippen LogP contribution is 2.24. The zero-order valence-corrected chi connectivity index (χ0v) is 18.2. The molecule has 1 aliphatic carbocycles. The van der Waals surface area contributed by atoms with Crippen LogP contribution >= 0.6 is 0 Å². The second-order valence-corrected chi connectivity index (χ2v) is 8.77. The molecule has 2 amide bonds. The zero-order valence-electron chi connectivity index (χ0n) is 18.2. The molecular weight excluding hydrogens is 406 g/mol. The minimum absolute atomic E-state index is 0.0486. The van der Waals surface area contributed by atoms with Gasteiger partial charge in [-0.15, -0.1) is 0 Å². The average Bonchev–Trinajstić information content (AvgIpc) is 3.28. The second-order valence-electron chi connectivity index (χ2n) is 8.77. The highest BCUT2D eigenvalue weighted by Gasteiger charge is 2.30. The summed E-state index contributed by atoms with van der Waals surface area (Å²) < 4.78 is 2.02. The summed E-state index contributed by atoms with van der Waals surface area (Å²) in [4.78, 5) is 36.5. The molecule has 168 valence electrons. The molecule has 8 heteroatoms. The third-order valence-electron chi connectivity index (χ3n) is 6.73. The van der Waals surface area contributed by atoms with Crippen molar-refractivity contribution in [1.82, 2.24) is 19.4 Å². The highest BCUT2D eigenvalue weighted by molar-refractivity contribution is 5.92. The first kappa shape index (κ1) is 20.6. The summed E-state index contributed by atoms with van der Waals surface area (Å²) in [5.74, 6) is 1.28. The first-order valence-electron chi connectivity index (χ1n) is 11.4. The standard InChI is InChI=1S/C24H29N5O3/c30-20-8-6-19(7-9-20)26-10-12-27(13-11-26)24(32)21-16-28-14-15-29(17-22(28)25-21)23(31)18-4-2-1-3-5-18/h1-2,6-9,16,18,30H,3-5,10-15,17H2/t18-/m1/s1. The topological polar surface area (TPSA) is 81.9 Å². The smallest absolute Gasteiger partial charge is 0.274 e. The molecule has 0 unspecified atom stereocenters. The van der Waals surface area contributed by atoms with Crippen molar-refractivity contribution < 1.29 is 14.7 Å². The predicted octanol–water partition coefficient (Wildman–Crippen LogP) is 2.25. The summed E-state index contributed by atoms with van der Waals surface area (Å²) in [6.07, 6.45) is 8.81. The van der Waals surface area contributed by atoms with Gasteiger partial charge in [0.05, 0.1) is 6.54 Å². The summed E-state index contributed by atoms with van der Waals surface area (Å²) in [5, 5.41) is 9.47. The molecule has 1 saturated heterocycles. The van der Waals surface area contributed by atoms with Crippen molar-refractivity contribution in [3.05, 3.63) is 54.1 Å². The summed E-state index contributed by atoms with van der Waals surface area (Å²) in [6, 6.07) is 7.16. The van der Waals surface area contributed by atoms with Gasteiger partial charge in [-0.2, -0.15) is 0 Å². The minimum atomic E-state index is -0.0486. The molecule has 2 aromatic rings. The summed E-state index contributed by atoms with van der Waals surface area (Å²) >= 11 is 0. The largest absolute Gasteiger partial charge is 0.508 e. The number of carbonyl (C=O) groups excluding carboxylic acids is 2. The number of rotatable bonds is 3. The Bertz CT molecular complexity index is 1020. The van der Waals surface area contributed by atoms with E-state index in [1.807, 2.05) is 32.7 Å². The van der Waals surface area contributed by atoms with Crippen LogP contribution in [0.5, 0.6) is 5.75 Å². The van der Waals surface area contributed by atoms with E-state index in [0.717, 1.165) is 43.9 Å². The van der Waals surface area contributed by atoms with E-state index < -0.39 is 0 Å². The molecule has 3 aliphatic rings. The molecule has 1 aromatic heterocycles. The van der Waals surface area contributed by atoms with Gasteiger partial charge >= 0.3 is 0 Å². The number of hydrogen-bond acceptors (Lipinski definition) is 5. The Morgan fingerprint density at radius 3 is 2.41 bits per heavy atom. The van der Waals surface area contributed by atoms with Crippen LogP contribution in [0, 0.1) is 5.92 Å². The Labute approximate surface area is 187 Å². The van der Waals surface area contributed by atoms with Crippen molar-refractivity contribution in [2.24, 2.45) is 5.92 Å². The number of benzene rings is 1. The second kappa shape index (κ2) is 8.68. The van der Waals surface area contributed by atoms with Crippen molar-refractivity contribution in [1.29, 1.82) is 0 Å². The monoisotopic (exact) mass is 435 g/mol. The number of imidazole rings is 1. The van der Waals surface area contributed by atoms with Crippen LogP contribution in [0.3, 0.4) is 0 Å². The number of hydrogen-bond donors (Lipinski definition) is 1. The summed E-state index contributed by atoms with van der Waals surface area (Å²) in [6.45, 7) is 4.55. The van der Waals surface area contributed by atoms with E-state index in [9.17, 15) is 14.7 Å². The Morgan fingerprint density at radius 2 is 1.69 bits per heavy atom. The van der Waals surface area contributed by atoms with E-state index in [2.05, 4.69) is 22.0 Å². The number of carbonyl (C=O) groups is 2. The number of amides is 2. The summed E-state index contributed by atoms with van der Waals surface area (Å²) in [5.41, 5.74) is 1.51. The Hall–Kier alpha value is -3.29. The molecule has 5 rings (SSSR count). The SMILES string of the molecule is O=C(c1cn2c(n1)CN(C(=O)[C@@H]1CC=CCC1)CC2)N1CCN(c2ccc(O)cc2)CC1. The van der Waals surface area contributed by atoms with E-state index in [1.165, 1.54) is 0 Å². The number of aromatic hydroxyl groups is 1. The normalized spacial score (nSPS) is 20.9. The molecule has 3 heterocycles. The van der Waals surface area contributed by atoms with Crippen molar-refractivity contribution in [3.63, 3.8) is 0 Å². The third kappa shape index (κ3) is 4.09. The van der Waals surface area contributed by atoms with E-state index in [1.54, 1.807) is 12.1 Å². The number of phenolic OH excluding ortho intramolecular Hbond substituents is 1. The van der Waals surface area contributed by atoms with Crippen molar-refractivity contribution in [3.8, 4) is 5.75 Å². The number of fused-ring (bicyclic) bond motifs is 1. The molecule has 0 bridgehead atoms. The number of piperazine rings is 1.